The molecule has 4 aromatic rings. The van der Waals surface area contributed by atoms with Crippen molar-refractivity contribution in [1.82, 2.24) is 10.3 Å². The summed E-state index contributed by atoms with van der Waals surface area (Å²) in [5, 5.41) is 18.1. The predicted molar refractivity (Wildman–Crippen MR) is 152 cm³/mol. The first-order valence-electron chi connectivity index (χ1n) is 11.7. The van der Waals surface area contributed by atoms with Crippen LogP contribution < -0.4 is 15.5 Å². The molecule has 0 radical (unpaired) electrons. The number of oxazole rings is 1. The molecule has 2 heterocycles. The average Bonchev–Trinajstić information content (AvgIpc) is 3.55. The van der Waals surface area contributed by atoms with Crippen molar-refractivity contribution in [2.75, 3.05) is 23.3 Å². The molecular weight excluding hydrogens is 549 g/mol. The number of hydrogen-bond donors (Lipinski definition) is 2. The van der Waals surface area contributed by atoms with Crippen LogP contribution in [-0.2, 0) is 0 Å². The Balaban J connectivity index is 1.33. The van der Waals surface area contributed by atoms with Crippen LogP contribution in [0.2, 0.25) is 10.0 Å². The largest absolute Gasteiger partial charge is 0.435 e. The second-order valence-electron chi connectivity index (χ2n) is 8.85. The number of aryl methyl sites for hydroxylation is 1. The number of carbonyl (C=O) groups excluding carboxylic acids is 1. The van der Waals surface area contributed by atoms with Crippen molar-refractivity contribution in [3.8, 4) is 11.5 Å². The van der Waals surface area contributed by atoms with E-state index in [4.69, 9.17) is 39.8 Å². The molecule has 0 saturated carbocycles. The quantitative estimate of drug-likeness (QED) is 0.154. The molecule has 1 saturated heterocycles. The Kier molecular flexibility index (Phi) is 7.20. The number of hydrogen-bond acceptors (Lipinski definition) is 7. The smallest absolute Gasteiger partial charge is 0.293 e. The first-order chi connectivity index (χ1) is 18.2. The molecule has 0 unspecified atom stereocenters. The van der Waals surface area contributed by atoms with Crippen molar-refractivity contribution < 1.29 is 14.1 Å². The van der Waals surface area contributed by atoms with Crippen molar-refractivity contribution in [3.63, 3.8) is 0 Å². The van der Waals surface area contributed by atoms with Gasteiger partial charge < -0.3 is 14.6 Å². The van der Waals surface area contributed by atoms with Gasteiger partial charge in [0.2, 0.25) is 5.89 Å². The summed E-state index contributed by atoms with van der Waals surface area (Å²) in [5.41, 5.74) is 3.62. The van der Waals surface area contributed by atoms with E-state index in [0.29, 0.717) is 44.0 Å². The topological polar surface area (TPSA) is 114 Å². The van der Waals surface area contributed by atoms with Crippen molar-refractivity contribution >= 4 is 74.6 Å². The second-order valence-corrected chi connectivity index (χ2v) is 10.1. The van der Waals surface area contributed by atoms with Crippen LogP contribution in [0.1, 0.15) is 28.8 Å². The fraction of sp³-hybridized carbons (Fsp3) is 0.192. The molecule has 1 amide bonds. The number of nitrogens with zero attached hydrogens (tertiary/aromatic N) is 3. The first-order valence-corrected chi connectivity index (χ1v) is 12.9. The molecule has 1 fully saturated rings. The molecule has 1 aromatic heterocycles. The van der Waals surface area contributed by atoms with Crippen LogP contribution >= 0.6 is 35.4 Å². The molecule has 1 aliphatic heterocycles. The number of nitro groups is 1. The number of nitrogens with one attached hydrogen (secondary N) is 2. The maximum atomic E-state index is 12.9. The van der Waals surface area contributed by atoms with E-state index in [0.717, 1.165) is 31.5 Å². The molecule has 0 spiro atoms. The first kappa shape index (κ1) is 25.9. The summed E-state index contributed by atoms with van der Waals surface area (Å²) in [6, 6.07) is 13.2. The van der Waals surface area contributed by atoms with E-state index in [1.807, 2.05) is 24.0 Å². The van der Waals surface area contributed by atoms with Crippen molar-refractivity contribution in [1.29, 1.82) is 0 Å². The maximum absolute atomic E-state index is 12.9. The Hall–Kier alpha value is -3.73. The van der Waals surface area contributed by atoms with E-state index < -0.39 is 10.8 Å². The highest BCUT2D eigenvalue weighted by molar-refractivity contribution is 7.80. The van der Waals surface area contributed by atoms with Crippen LogP contribution in [0.25, 0.3) is 22.6 Å². The molecule has 1 aliphatic rings. The number of benzene rings is 3. The van der Waals surface area contributed by atoms with Gasteiger partial charge in [0.05, 0.1) is 9.95 Å². The summed E-state index contributed by atoms with van der Waals surface area (Å²) in [7, 11) is 0. The van der Waals surface area contributed by atoms with Gasteiger partial charge in [0.15, 0.2) is 10.7 Å². The van der Waals surface area contributed by atoms with Crippen LogP contribution in [0, 0.1) is 17.0 Å². The Morgan fingerprint density at radius 1 is 1.13 bits per heavy atom. The molecule has 9 nitrogen and oxygen atoms in total. The summed E-state index contributed by atoms with van der Waals surface area (Å²) in [4.78, 5) is 30.5. The average molecular weight is 570 g/mol. The fourth-order valence-corrected chi connectivity index (χ4v) is 5.06. The van der Waals surface area contributed by atoms with Gasteiger partial charge in [0, 0.05) is 41.0 Å². The van der Waals surface area contributed by atoms with Gasteiger partial charge in [-0.1, -0.05) is 29.3 Å². The van der Waals surface area contributed by atoms with Crippen molar-refractivity contribution in [2.45, 2.75) is 19.8 Å². The molecule has 0 atom stereocenters. The van der Waals surface area contributed by atoms with E-state index in [1.165, 1.54) is 6.07 Å². The third-order valence-corrected chi connectivity index (χ3v) is 6.95. The van der Waals surface area contributed by atoms with E-state index in [1.54, 1.807) is 30.3 Å². The normalized spacial score (nSPS) is 13.1. The van der Waals surface area contributed by atoms with Crippen molar-refractivity contribution in [2.24, 2.45) is 0 Å². The zero-order valence-corrected chi connectivity index (χ0v) is 22.4. The number of amides is 1. The third-order valence-electron chi connectivity index (χ3n) is 6.25. The number of halogens is 2. The summed E-state index contributed by atoms with van der Waals surface area (Å²) in [6.07, 6.45) is 1.96. The van der Waals surface area contributed by atoms with Gasteiger partial charge in [-0.15, -0.1) is 0 Å². The van der Waals surface area contributed by atoms with Gasteiger partial charge in [-0.25, -0.2) is 4.98 Å². The summed E-state index contributed by atoms with van der Waals surface area (Å²) >= 11 is 17.7. The monoisotopic (exact) mass is 569 g/mol. The lowest BCUT2D eigenvalue weighted by atomic mass is 10.1. The van der Waals surface area contributed by atoms with Crippen molar-refractivity contribution in [3.05, 3.63) is 79.8 Å². The minimum Gasteiger partial charge on any atom is -0.435 e. The minimum atomic E-state index is -0.558. The number of nitro benzene ring substituents is 1. The van der Waals surface area contributed by atoms with Gasteiger partial charge in [-0.05, 0) is 73.9 Å². The molecule has 0 aliphatic carbocycles. The maximum Gasteiger partial charge on any atom is 0.293 e. The molecule has 3 aromatic carbocycles. The van der Waals surface area contributed by atoms with E-state index in [2.05, 4.69) is 15.6 Å². The van der Waals surface area contributed by atoms with E-state index in [9.17, 15) is 14.9 Å². The number of rotatable bonds is 5. The van der Waals surface area contributed by atoms with Gasteiger partial charge in [-0.3, -0.25) is 20.2 Å². The minimum absolute atomic E-state index is 0.0360. The SMILES string of the molecule is Cc1ccc(-c2nc3cc(Cl)cc(Cl)c3o2)cc1NC(=S)NC(=O)c1ccc(N2CCCC2)c([N+](=O)[O-])c1. The van der Waals surface area contributed by atoms with Gasteiger partial charge in [-0.2, -0.15) is 0 Å². The van der Waals surface area contributed by atoms with E-state index in [-0.39, 0.29) is 16.4 Å². The Labute approximate surface area is 232 Å². The standard InChI is InChI=1S/C26H21Cl2N5O4S/c1-14-4-5-16(25-29-20-13-17(27)12-18(28)23(20)37-25)10-19(14)30-26(38)31-24(34)15-6-7-21(22(11-15)33(35)36)32-8-2-3-9-32/h4-7,10-13H,2-3,8-9H2,1H3,(H2,30,31,34,38). The number of thiocarbonyl (C=S) groups is 1. The zero-order valence-electron chi connectivity index (χ0n) is 20.1. The van der Waals surface area contributed by atoms with Crippen LogP contribution in [0.4, 0.5) is 17.1 Å². The van der Waals surface area contributed by atoms with E-state index >= 15 is 0 Å². The molecule has 0 bridgehead atoms. The highest BCUT2D eigenvalue weighted by atomic mass is 35.5. The third kappa shape index (κ3) is 5.28. The second kappa shape index (κ2) is 10.6. The molecule has 5 rings (SSSR count). The number of anilines is 2. The van der Waals surface area contributed by atoms with Crippen LogP contribution in [-0.4, -0.2) is 34.0 Å². The number of aromatic nitrogens is 1. The lowest BCUT2D eigenvalue weighted by Crippen LogP contribution is -2.34. The van der Waals surface area contributed by atoms with Crippen LogP contribution in [0.15, 0.2) is 52.9 Å². The summed E-state index contributed by atoms with van der Waals surface area (Å²) in [5.74, 6) is -0.217. The molecule has 2 N–H and O–H groups in total. The lowest BCUT2D eigenvalue weighted by Gasteiger charge is -2.18. The van der Waals surface area contributed by atoms with Gasteiger partial charge in [0.1, 0.15) is 11.2 Å². The summed E-state index contributed by atoms with van der Waals surface area (Å²) < 4.78 is 5.85. The predicted octanol–water partition coefficient (Wildman–Crippen LogP) is 6.75. The molecule has 38 heavy (non-hydrogen) atoms. The number of fused-ring (bicyclic) bond motifs is 1. The Morgan fingerprint density at radius 3 is 2.63 bits per heavy atom. The molecule has 12 heteroatoms. The fourth-order valence-electron chi connectivity index (χ4n) is 4.34. The highest BCUT2D eigenvalue weighted by Gasteiger charge is 2.24. The Morgan fingerprint density at radius 2 is 1.89 bits per heavy atom. The Bertz CT molecular complexity index is 1600. The van der Waals surface area contributed by atoms with Crippen LogP contribution in [0.5, 0.6) is 0 Å². The van der Waals surface area contributed by atoms with Gasteiger partial charge in [0.25, 0.3) is 11.6 Å². The summed E-state index contributed by atoms with van der Waals surface area (Å²) in [6.45, 7) is 3.38. The molecule has 194 valence electrons. The molecular formula is C26H21Cl2N5O4S. The van der Waals surface area contributed by atoms with Gasteiger partial charge >= 0.3 is 0 Å². The lowest BCUT2D eigenvalue weighted by molar-refractivity contribution is -0.384. The highest BCUT2D eigenvalue weighted by Crippen LogP contribution is 2.34. The zero-order chi connectivity index (χ0) is 27.0. The number of carbonyl (C=O) groups is 1. The van der Waals surface area contributed by atoms with Crippen LogP contribution in [0.3, 0.4) is 0 Å².